The first-order valence-corrected chi connectivity index (χ1v) is 5.79. The number of aromatic nitrogens is 2. The minimum atomic E-state index is -0.189. The Morgan fingerprint density at radius 1 is 1.47 bits per heavy atom. The van der Waals surface area contributed by atoms with Crippen molar-refractivity contribution in [3.63, 3.8) is 0 Å². The Morgan fingerprint density at radius 3 is 2.59 bits per heavy atom. The summed E-state index contributed by atoms with van der Waals surface area (Å²) in [6.45, 7) is 8.72. The summed E-state index contributed by atoms with van der Waals surface area (Å²) in [6, 6.07) is 1.78. The van der Waals surface area contributed by atoms with E-state index in [0.717, 1.165) is 5.82 Å². The van der Waals surface area contributed by atoms with Gasteiger partial charge in [-0.15, -0.1) is 0 Å². The van der Waals surface area contributed by atoms with E-state index in [9.17, 15) is 0 Å². The number of aryl methyl sites for hydroxylation is 1. The molecule has 0 spiro atoms. The Kier molecular flexibility index (Phi) is 4.28. The Hall–Kier alpha value is -1.36. The molecule has 96 valence electrons. The van der Waals surface area contributed by atoms with E-state index >= 15 is 0 Å². The molecule has 0 saturated carbocycles. The van der Waals surface area contributed by atoms with Gasteiger partial charge in [0.2, 0.25) is 5.88 Å². The third-order valence-corrected chi connectivity index (χ3v) is 3.14. The molecule has 0 amide bonds. The smallest absolute Gasteiger partial charge is 0.218 e. The summed E-state index contributed by atoms with van der Waals surface area (Å²) in [5, 5.41) is 3.36. The van der Waals surface area contributed by atoms with E-state index in [-0.39, 0.29) is 5.54 Å². The van der Waals surface area contributed by atoms with Crippen molar-refractivity contribution in [3.05, 3.63) is 11.9 Å². The molecule has 5 heteroatoms. The molecule has 0 aliphatic carbocycles. The monoisotopic (exact) mass is 238 g/mol. The van der Waals surface area contributed by atoms with Gasteiger partial charge in [-0.25, -0.2) is 4.98 Å². The first kappa shape index (κ1) is 13.7. The Labute approximate surface area is 103 Å². The fourth-order valence-electron chi connectivity index (χ4n) is 1.43. The normalized spacial score (nSPS) is 14.5. The van der Waals surface area contributed by atoms with E-state index in [1.54, 1.807) is 13.2 Å². The van der Waals surface area contributed by atoms with Gasteiger partial charge in [0.15, 0.2) is 0 Å². The van der Waals surface area contributed by atoms with Crippen LogP contribution in [0, 0.1) is 12.8 Å². The number of hydrogen-bond acceptors (Lipinski definition) is 5. The molecule has 0 aromatic carbocycles. The van der Waals surface area contributed by atoms with E-state index in [1.807, 2.05) is 6.92 Å². The molecule has 0 bridgehead atoms. The van der Waals surface area contributed by atoms with Crippen molar-refractivity contribution >= 4 is 5.82 Å². The summed E-state index contributed by atoms with van der Waals surface area (Å²) in [5.41, 5.74) is 5.64. The molecule has 3 N–H and O–H groups in total. The van der Waals surface area contributed by atoms with Gasteiger partial charge in [0, 0.05) is 12.6 Å². The summed E-state index contributed by atoms with van der Waals surface area (Å²) in [5.74, 6) is 2.38. The third kappa shape index (κ3) is 3.30. The Morgan fingerprint density at radius 2 is 2.12 bits per heavy atom. The van der Waals surface area contributed by atoms with Crippen LogP contribution in [0.15, 0.2) is 6.07 Å². The van der Waals surface area contributed by atoms with E-state index in [4.69, 9.17) is 10.5 Å². The zero-order valence-electron chi connectivity index (χ0n) is 11.2. The second-order valence-electron chi connectivity index (χ2n) is 4.74. The molecule has 0 aliphatic rings. The number of methoxy groups -OCH3 is 1. The topological polar surface area (TPSA) is 73.1 Å². The van der Waals surface area contributed by atoms with Crippen molar-refractivity contribution < 1.29 is 4.74 Å². The van der Waals surface area contributed by atoms with Crippen molar-refractivity contribution in [2.24, 2.45) is 11.7 Å². The van der Waals surface area contributed by atoms with Crippen molar-refractivity contribution in [1.29, 1.82) is 0 Å². The maximum atomic E-state index is 5.83. The number of nitrogens with two attached hydrogens (primary N) is 1. The van der Waals surface area contributed by atoms with E-state index in [1.165, 1.54) is 0 Å². The largest absolute Gasteiger partial charge is 0.481 e. The molecule has 1 atom stereocenters. The summed E-state index contributed by atoms with van der Waals surface area (Å²) >= 11 is 0. The molecule has 5 nitrogen and oxygen atoms in total. The molecule has 0 saturated heterocycles. The van der Waals surface area contributed by atoms with Crippen LogP contribution >= 0.6 is 0 Å². The van der Waals surface area contributed by atoms with Crippen LogP contribution in [0.25, 0.3) is 0 Å². The molecular weight excluding hydrogens is 216 g/mol. The highest BCUT2D eigenvalue weighted by Crippen LogP contribution is 2.22. The van der Waals surface area contributed by atoms with E-state index in [2.05, 4.69) is 36.1 Å². The fraction of sp³-hybridized carbons (Fsp3) is 0.667. The predicted octanol–water partition coefficient (Wildman–Crippen LogP) is 1.58. The van der Waals surface area contributed by atoms with Crippen LogP contribution in [0.5, 0.6) is 5.88 Å². The molecular formula is C12H22N4O. The molecule has 17 heavy (non-hydrogen) atoms. The predicted molar refractivity (Wildman–Crippen MR) is 69.2 cm³/mol. The lowest BCUT2D eigenvalue weighted by atomic mass is 9.88. The molecule has 0 fully saturated rings. The summed E-state index contributed by atoms with van der Waals surface area (Å²) in [4.78, 5) is 8.49. The van der Waals surface area contributed by atoms with Crippen LogP contribution < -0.4 is 15.8 Å². The second kappa shape index (κ2) is 5.31. The van der Waals surface area contributed by atoms with E-state index < -0.39 is 0 Å². The minimum Gasteiger partial charge on any atom is -0.481 e. The lowest BCUT2D eigenvalue weighted by Crippen LogP contribution is -2.47. The van der Waals surface area contributed by atoms with Gasteiger partial charge < -0.3 is 15.8 Å². The lowest BCUT2D eigenvalue weighted by Gasteiger charge is -2.34. The third-order valence-electron chi connectivity index (χ3n) is 3.14. The number of nitrogens with one attached hydrogen (secondary N) is 1. The van der Waals surface area contributed by atoms with Gasteiger partial charge >= 0.3 is 0 Å². The maximum Gasteiger partial charge on any atom is 0.218 e. The average Bonchev–Trinajstić information content (AvgIpc) is 2.27. The highest BCUT2D eigenvalue weighted by molar-refractivity contribution is 5.41. The van der Waals surface area contributed by atoms with Gasteiger partial charge in [0.25, 0.3) is 0 Å². The van der Waals surface area contributed by atoms with Gasteiger partial charge in [-0.2, -0.15) is 4.98 Å². The number of hydrogen-bond donors (Lipinski definition) is 2. The number of ether oxygens (including phenoxy) is 1. The van der Waals surface area contributed by atoms with Crippen LogP contribution in [0.4, 0.5) is 5.82 Å². The standard InChI is InChI=1S/C12H22N4O/c1-8(2)12(4,7-13)16-10-6-11(17-5)15-9(3)14-10/h6,8H,7,13H2,1-5H3,(H,14,15,16). The summed E-state index contributed by atoms with van der Waals surface area (Å²) in [7, 11) is 1.59. The zero-order valence-corrected chi connectivity index (χ0v) is 11.2. The van der Waals surface area contributed by atoms with Gasteiger partial charge in [-0.3, -0.25) is 0 Å². The maximum absolute atomic E-state index is 5.83. The van der Waals surface area contributed by atoms with Crippen molar-refractivity contribution in [1.82, 2.24) is 9.97 Å². The molecule has 1 heterocycles. The van der Waals surface area contributed by atoms with Crippen LogP contribution in [-0.4, -0.2) is 29.2 Å². The van der Waals surface area contributed by atoms with Gasteiger partial charge in [-0.1, -0.05) is 13.8 Å². The Bertz CT molecular complexity index is 381. The van der Waals surface area contributed by atoms with E-state index in [0.29, 0.717) is 24.2 Å². The van der Waals surface area contributed by atoms with Crippen molar-refractivity contribution in [2.75, 3.05) is 19.0 Å². The van der Waals surface area contributed by atoms with Gasteiger partial charge in [-0.05, 0) is 19.8 Å². The SMILES string of the molecule is COc1cc(NC(C)(CN)C(C)C)nc(C)n1. The van der Waals surface area contributed by atoms with Gasteiger partial charge in [0.1, 0.15) is 11.6 Å². The molecule has 0 aliphatic heterocycles. The molecule has 0 radical (unpaired) electrons. The Balaban J connectivity index is 2.97. The molecule has 1 rings (SSSR count). The molecule has 1 aromatic rings. The quantitative estimate of drug-likeness (QED) is 0.814. The number of rotatable bonds is 5. The van der Waals surface area contributed by atoms with Crippen molar-refractivity contribution in [3.8, 4) is 5.88 Å². The van der Waals surface area contributed by atoms with Gasteiger partial charge in [0.05, 0.1) is 12.6 Å². The highest BCUT2D eigenvalue weighted by atomic mass is 16.5. The number of anilines is 1. The van der Waals surface area contributed by atoms with Crippen LogP contribution in [0.3, 0.4) is 0 Å². The second-order valence-corrected chi connectivity index (χ2v) is 4.74. The minimum absolute atomic E-state index is 0.189. The van der Waals surface area contributed by atoms with Crippen LogP contribution in [0.2, 0.25) is 0 Å². The first-order valence-electron chi connectivity index (χ1n) is 5.79. The fourth-order valence-corrected chi connectivity index (χ4v) is 1.43. The summed E-state index contributed by atoms with van der Waals surface area (Å²) in [6.07, 6.45) is 0. The summed E-state index contributed by atoms with van der Waals surface area (Å²) < 4.78 is 5.12. The zero-order chi connectivity index (χ0) is 13.1. The lowest BCUT2D eigenvalue weighted by molar-refractivity contribution is 0.378. The highest BCUT2D eigenvalue weighted by Gasteiger charge is 2.27. The van der Waals surface area contributed by atoms with Crippen LogP contribution in [0.1, 0.15) is 26.6 Å². The average molecular weight is 238 g/mol. The molecule has 1 unspecified atom stereocenters. The first-order chi connectivity index (χ1) is 7.91. The molecule has 1 aromatic heterocycles. The number of nitrogens with zero attached hydrogens (tertiary/aromatic N) is 2. The van der Waals surface area contributed by atoms with Crippen LogP contribution in [-0.2, 0) is 0 Å². The van der Waals surface area contributed by atoms with Crippen molar-refractivity contribution in [2.45, 2.75) is 33.2 Å².